The third-order valence-electron chi connectivity index (χ3n) is 1.31. The Labute approximate surface area is 51.1 Å². The first-order valence-corrected chi connectivity index (χ1v) is 2.75. The van der Waals surface area contributed by atoms with Gasteiger partial charge in [-0.3, -0.25) is 0 Å². The van der Waals surface area contributed by atoms with Gasteiger partial charge >= 0.3 is 0 Å². The maximum absolute atomic E-state index is 7.43. The van der Waals surface area contributed by atoms with Crippen LogP contribution in [0.1, 0.15) is 18.3 Å². The Morgan fingerprint density at radius 2 is 2.12 bits per heavy atom. The zero-order chi connectivity index (χ0) is 7.02. The number of aryl methyl sites for hydroxylation is 2. The zero-order valence-electron chi connectivity index (χ0n) is 6.50. The molecule has 8 heavy (non-hydrogen) atoms. The molecule has 1 aromatic rings. The molecular formula is C7H11N. The lowest BCUT2D eigenvalue weighted by Crippen LogP contribution is -1.71. The van der Waals surface area contributed by atoms with Gasteiger partial charge in [0.2, 0.25) is 0 Å². The van der Waals surface area contributed by atoms with Crippen LogP contribution < -0.4 is 0 Å². The summed E-state index contributed by atoms with van der Waals surface area (Å²) in [6.45, 7) is 5.86. The summed E-state index contributed by atoms with van der Waals surface area (Å²) in [5, 5.41) is 0. The van der Waals surface area contributed by atoms with Gasteiger partial charge in [-0.1, -0.05) is 0 Å². The summed E-state index contributed by atoms with van der Waals surface area (Å²) in [5.41, 5.74) is 3.13. The minimum absolute atomic E-state index is 0.646. The summed E-state index contributed by atoms with van der Waals surface area (Å²) >= 11 is 0. The molecule has 0 atom stereocenters. The van der Waals surface area contributed by atoms with Crippen LogP contribution in [0.25, 0.3) is 0 Å². The number of aromatic amines is 1. The highest BCUT2D eigenvalue weighted by Crippen LogP contribution is 2.05. The fraction of sp³-hybridized carbons (Fsp3) is 0.429. The molecule has 0 aliphatic carbocycles. The lowest BCUT2D eigenvalue weighted by atomic mass is 10.3. The van der Waals surface area contributed by atoms with Crippen molar-refractivity contribution in [3.8, 4) is 0 Å². The van der Waals surface area contributed by atoms with E-state index in [1.54, 1.807) is 0 Å². The van der Waals surface area contributed by atoms with Gasteiger partial charge in [0.05, 0.1) is 1.37 Å². The number of hydrogen-bond donors (Lipinski definition) is 1. The molecule has 0 radical (unpaired) electrons. The SMILES string of the molecule is [2H]c1c(C)[nH]c(C)c1C. The molecule has 0 unspecified atom stereocenters. The number of H-pyrrole nitrogens is 1. The van der Waals surface area contributed by atoms with Gasteiger partial charge in [-0.2, -0.15) is 0 Å². The highest BCUT2D eigenvalue weighted by atomic mass is 14.7. The van der Waals surface area contributed by atoms with Crippen molar-refractivity contribution in [1.29, 1.82) is 0 Å². The van der Waals surface area contributed by atoms with E-state index in [1.165, 1.54) is 0 Å². The predicted molar refractivity (Wildman–Crippen MR) is 35.0 cm³/mol. The molecule has 0 aliphatic rings. The van der Waals surface area contributed by atoms with Gasteiger partial charge in [-0.05, 0) is 32.4 Å². The van der Waals surface area contributed by atoms with Gasteiger partial charge in [-0.15, -0.1) is 0 Å². The molecule has 0 bridgehead atoms. The van der Waals surface area contributed by atoms with Crippen molar-refractivity contribution in [2.75, 3.05) is 0 Å². The van der Waals surface area contributed by atoms with Crippen molar-refractivity contribution >= 4 is 0 Å². The van der Waals surface area contributed by atoms with Crippen molar-refractivity contribution < 1.29 is 1.37 Å². The summed E-state index contributed by atoms with van der Waals surface area (Å²) in [6, 6.07) is 0.646. The van der Waals surface area contributed by atoms with E-state index in [0.29, 0.717) is 6.04 Å². The van der Waals surface area contributed by atoms with E-state index in [2.05, 4.69) is 4.98 Å². The van der Waals surface area contributed by atoms with Crippen molar-refractivity contribution in [1.82, 2.24) is 4.98 Å². The molecule has 0 aromatic carbocycles. The largest absolute Gasteiger partial charge is 0.363 e. The lowest BCUT2D eigenvalue weighted by Gasteiger charge is -1.82. The second kappa shape index (κ2) is 1.66. The van der Waals surface area contributed by atoms with Crippen molar-refractivity contribution in [2.45, 2.75) is 20.8 Å². The third kappa shape index (κ3) is 0.760. The second-order valence-electron chi connectivity index (χ2n) is 2.12. The van der Waals surface area contributed by atoms with Gasteiger partial charge < -0.3 is 4.98 Å². The Kier molecular flexibility index (Phi) is 0.867. The molecule has 1 rings (SSSR count). The minimum Gasteiger partial charge on any atom is -0.363 e. The van der Waals surface area contributed by atoms with Crippen LogP contribution in [0.15, 0.2) is 6.04 Å². The van der Waals surface area contributed by atoms with Crippen LogP contribution in [0, 0.1) is 20.8 Å². The van der Waals surface area contributed by atoms with Gasteiger partial charge in [0, 0.05) is 11.4 Å². The molecule has 1 N–H and O–H groups in total. The summed E-state index contributed by atoms with van der Waals surface area (Å²) in [6.07, 6.45) is 0. The molecule has 0 fully saturated rings. The standard InChI is InChI=1S/C7H11N/c1-5-4-6(2)8-7(5)3/h4,8H,1-3H3/i4D. The van der Waals surface area contributed by atoms with Crippen LogP contribution in [0.5, 0.6) is 0 Å². The average molecular weight is 110 g/mol. The average Bonchev–Trinajstić information content (AvgIpc) is 1.98. The maximum Gasteiger partial charge on any atom is 0.0644 e. The smallest absolute Gasteiger partial charge is 0.0644 e. The van der Waals surface area contributed by atoms with Crippen LogP contribution in [-0.2, 0) is 0 Å². The molecule has 0 aliphatic heterocycles. The van der Waals surface area contributed by atoms with Crippen LogP contribution in [0.2, 0.25) is 0 Å². The first-order valence-electron chi connectivity index (χ1n) is 3.25. The first kappa shape index (κ1) is 4.19. The number of rotatable bonds is 0. The van der Waals surface area contributed by atoms with Gasteiger partial charge in [0.15, 0.2) is 0 Å². The predicted octanol–water partition coefficient (Wildman–Crippen LogP) is 1.94. The highest BCUT2D eigenvalue weighted by molar-refractivity contribution is 5.21. The topological polar surface area (TPSA) is 15.8 Å². The summed E-state index contributed by atoms with van der Waals surface area (Å²) in [4.78, 5) is 3.09. The third-order valence-corrected chi connectivity index (χ3v) is 1.31. The Bertz CT molecular complexity index is 203. The monoisotopic (exact) mass is 110 g/mol. The zero-order valence-corrected chi connectivity index (χ0v) is 5.50. The van der Waals surface area contributed by atoms with Crippen LogP contribution in [0.4, 0.5) is 0 Å². The molecule has 0 saturated carbocycles. The molecule has 0 amide bonds. The highest BCUT2D eigenvalue weighted by Gasteiger charge is 1.92. The Morgan fingerprint density at radius 1 is 1.50 bits per heavy atom. The van der Waals surface area contributed by atoms with Crippen LogP contribution in [0.3, 0.4) is 0 Å². The van der Waals surface area contributed by atoms with E-state index < -0.39 is 0 Å². The molecule has 0 saturated heterocycles. The quantitative estimate of drug-likeness (QED) is 0.525. The maximum atomic E-state index is 7.43. The molecule has 1 aromatic heterocycles. The van der Waals surface area contributed by atoms with E-state index >= 15 is 0 Å². The Hall–Kier alpha value is -0.720. The second-order valence-corrected chi connectivity index (χ2v) is 2.12. The van der Waals surface area contributed by atoms with E-state index in [-0.39, 0.29) is 0 Å². The molecular weight excluding hydrogens is 98.1 g/mol. The normalized spacial score (nSPS) is 11.6. The van der Waals surface area contributed by atoms with E-state index in [0.717, 1.165) is 17.0 Å². The summed E-state index contributed by atoms with van der Waals surface area (Å²) in [7, 11) is 0. The Morgan fingerprint density at radius 3 is 2.25 bits per heavy atom. The first-order chi connectivity index (χ1) is 4.13. The molecule has 1 heterocycles. The minimum atomic E-state index is 0.646. The van der Waals surface area contributed by atoms with Crippen molar-refractivity contribution in [3.63, 3.8) is 0 Å². The number of hydrogen-bond acceptors (Lipinski definition) is 0. The van der Waals surface area contributed by atoms with E-state index in [4.69, 9.17) is 1.37 Å². The summed E-state index contributed by atoms with van der Waals surface area (Å²) in [5.74, 6) is 0. The molecule has 44 valence electrons. The number of nitrogens with one attached hydrogen (secondary N) is 1. The fourth-order valence-corrected chi connectivity index (χ4v) is 0.781. The van der Waals surface area contributed by atoms with E-state index in [9.17, 15) is 0 Å². The van der Waals surface area contributed by atoms with Crippen molar-refractivity contribution in [2.24, 2.45) is 0 Å². The van der Waals surface area contributed by atoms with Crippen molar-refractivity contribution in [3.05, 3.63) is 23.0 Å². The molecule has 0 spiro atoms. The van der Waals surface area contributed by atoms with Gasteiger partial charge in [-0.25, -0.2) is 0 Å². The van der Waals surface area contributed by atoms with Gasteiger partial charge in [0.1, 0.15) is 0 Å². The molecule has 1 nitrogen and oxygen atoms in total. The fourth-order valence-electron chi connectivity index (χ4n) is 0.781. The van der Waals surface area contributed by atoms with Crippen LogP contribution in [-0.4, -0.2) is 4.98 Å². The summed E-state index contributed by atoms with van der Waals surface area (Å²) < 4.78 is 7.43. The van der Waals surface area contributed by atoms with Crippen LogP contribution >= 0.6 is 0 Å². The molecule has 1 heteroatoms. The Balaban J connectivity index is 3.29. The number of aromatic nitrogens is 1. The van der Waals surface area contributed by atoms with Gasteiger partial charge in [0.25, 0.3) is 0 Å². The lowest BCUT2D eigenvalue weighted by molar-refractivity contribution is 1.17. The van der Waals surface area contributed by atoms with E-state index in [1.807, 2.05) is 20.8 Å².